The molecule has 0 N–H and O–H groups in total. The third kappa shape index (κ3) is 4.81. The van der Waals surface area contributed by atoms with E-state index >= 15 is 0 Å². The molecular formula is C15H21BrClNO. The Morgan fingerprint density at radius 1 is 1.37 bits per heavy atom. The average molecular weight is 347 g/mol. The van der Waals surface area contributed by atoms with Crippen molar-refractivity contribution in [2.75, 3.05) is 6.54 Å². The Morgan fingerprint density at radius 3 is 2.63 bits per heavy atom. The first-order chi connectivity index (χ1) is 8.97. The van der Waals surface area contributed by atoms with Crippen LogP contribution in [0.1, 0.15) is 50.4 Å². The van der Waals surface area contributed by atoms with Gasteiger partial charge in [-0.25, -0.2) is 0 Å². The van der Waals surface area contributed by atoms with E-state index < -0.39 is 0 Å². The third-order valence-corrected chi connectivity index (χ3v) is 3.97. The summed E-state index contributed by atoms with van der Waals surface area (Å²) in [5.41, 5.74) is 0.637. The van der Waals surface area contributed by atoms with Gasteiger partial charge in [-0.3, -0.25) is 4.79 Å². The number of nitrogens with zero attached hydrogens (tertiary/aromatic N) is 1. The number of hydrogen-bond donors (Lipinski definition) is 0. The molecule has 1 aromatic carbocycles. The van der Waals surface area contributed by atoms with Gasteiger partial charge in [-0.15, -0.1) is 0 Å². The van der Waals surface area contributed by atoms with Gasteiger partial charge in [-0.1, -0.05) is 31.4 Å². The van der Waals surface area contributed by atoms with E-state index in [1.54, 1.807) is 12.1 Å². The van der Waals surface area contributed by atoms with Crippen LogP contribution in [0.15, 0.2) is 22.7 Å². The lowest BCUT2D eigenvalue weighted by molar-refractivity contribution is 0.0701. The predicted molar refractivity (Wildman–Crippen MR) is 84.8 cm³/mol. The second-order valence-corrected chi connectivity index (χ2v) is 6.21. The maximum atomic E-state index is 12.6. The van der Waals surface area contributed by atoms with Crippen molar-refractivity contribution in [1.82, 2.24) is 4.90 Å². The maximum Gasteiger partial charge on any atom is 0.255 e. The number of unbranched alkanes of at least 4 members (excludes halogenated alkanes) is 2. The number of benzene rings is 1. The molecule has 1 amide bonds. The highest BCUT2D eigenvalue weighted by Crippen LogP contribution is 2.23. The largest absolute Gasteiger partial charge is 0.336 e. The van der Waals surface area contributed by atoms with Crippen LogP contribution in [0.4, 0.5) is 0 Å². The summed E-state index contributed by atoms with van der Waals surface area (Å²) in [7, 11) is 0. The Balaban J connectivity index is 2.89. The molecule has 1 aromatic rings. The molecule has 0 bridgehead atoms. The number of halogens is 2. The van der Waals surface area contributed by atoms with Crippen molar-refractivity contribution >= 4 is 33.4 Å². The SMILES string of the molecule is CCCCCN(C(=O)c1cc(Cl)ccc1Br)C(C)C. The minimum atomic E-state index is 0.0421. The number of hydrogen-bond acceptors (Lipinski definition) is 1. The van der Waals surface area contributed by atoms with Crippen LogP contribution in [0.5, 0.6) is 0 Å². The fourth-order valence-corrected chi connectivity index (χ4v) is 2.53. The zero-order valence-electron chi connectivity index (χ0n) is 11.7. The summed E-state index contributed by atoms with van der Waals surface area (Å²) < 4.78 is 0.794. The Labute approximate surface area is 129 Å². The smallest absolute Gasteiger partial charge is 0.255 e. The normalized spacial score (nSPS) is 10.8. The van der Waals surface area contributed by atoms with Gasteiger partial charge in [0.15, 0.2) is 0 Å². The minimum Gasteiger partial charge on any atom is -0.336 e. The van der Waals surface area contributed by atoms with Gasteiger partial charge in [0.2, 0.25) is 0 Å². The molecule has 0 saturated carbocycles. The summed E-state index contributed by atoms with van der Waals surface area (Å²) in [6.45, 7) is 7.04. The van der Waals surface area contributed by atoms with Gasteiger partial charge in [0, 0.05) is 22.1 Å². The number of amides is 1. The highest BCUT2D eigenvalue weighted by molar-refractivity contribution is 9.10. The molecule has 0 spiro atoms. The van der Waals surface area contributed by atoms with E-state index in [1.165, 1.54) is 0 Å². The van der Waals surface area contributed by atoms with Gasteiger partial charge in [-0.2, -0.15) is 0 Å². The maximum absolute atomic E-state index is 12.6. The van der Waals surface area contributed by atoms with Gasteiger partial charge < -0.3 is 4.90 Å². The molecule has 2 nitrogen and oxygen atoms in total. The lowest BCUT2D eigenvalue weighted by Crippen LogP contribution is -2.37. The molecule has 0 radical (unpaired) electrons. The third-order valence-electron chi connectivity index (χ3n) is 3.05. The topological polar surface area (TPSA) is 20.3 Å². The molecule has 0 atom stereocenters. The van der Waals surface area contributed by atoms with E-state index in [0.717, 1.165) is 30.3 Å². The minimum absolute atomic E-state index is 0.0421. The van der Waals surface area contributed by atoms with Crippen LogP contribution in [0.3, 0.4) is 0 Å². The second-order valence-electron chi connectivity index (χ2n) is 4.92. The van der Waals surface area contributed by atoms with E-state index in [-0.39, 0.29) is 11.9 Å². The van der Waals surface area contributed by atoms with Crippen molar-refractivity contribution < 1.29 is 4.79 Å². The summed E-state index contributed by atoms with van der Waals surface area (Å²) in [5.74, 6) is 0.0421. The molecule has 0 aliphatic carbocycles. The highest BCUT2D eigenvalue weighted by atomic mass is 79.9. The first-order valence-corrected chi connectivity index (χ1v) is 7.90. The molecule has 4 heteroatoms. The van der Waals surface area contributed by atoms with Crippen LogP contribution in [0.2, 0.25) is 5.02 Å². The van der Waals surface area contributed by atoms with Crippen LogP contribution >= 0.6 is 27.5 Å². The van der Waals surface area contributed by atoms with Gasteiger partial charge in [0.25, 0.3) is 5.91 Å². The first-order valence-electron chi connectivity index (χ1n) is 6.73. The lowest BCUT2D eigenvalue weighted by atomic mass is 10.1. The van der Waals surface area contributed by atoms with Crippen LogP contribution in [-0.4, -0.2) is 23.4 Å². The second kappa shape index (κ2) is 7.91. The molecule has 0 aliphatic heterocycles. The van der Waals surface area contributed by atoms with Gasteiger partial charge >= 0.3 is 0 Å². The first kappa shape index (κ1) is 16.5. The van der Waals surface area contributed by atoms with E-state index in [9.17, 15) is 4.79 Å². The zero-order chi connectivity index (χ0) is 14.4. The van der Waals surface area contributed by atoms with Crippen molar-refractivity contribution in [3.63, 3.8) is 0 Å². The summed E-state index contributed by atoms with van der Waals surface area (Å²) in [6, 6.07) is 5.51. The Kier molecular flexibility index (Phi) is 6.87. The Bertz CT molecular complexity index is 434. The van der Waals surface area contributed by atoms with E-state index in [2.05, 4.69) is 22.9 Å². The van der Waals surface area contributed by atoms with E-state index in [1.807, 2.05) is 24.8 Å². The number of carbonyl (C=O) groups excluding carboxylic acids is 1. The Hall–Kier alpha value is -0.540. The molecule has 0 fully saturated rings. The van der Waals surface area contributed by atoms with Gasteiger partial charge in [0.05, 0.1) is 5.56 Å². The fourth-order valence-electron chi connectivity index (χ4n) is 1.94. The van der Waals surface area contributed by atoms with E-state index in [4.69, 9.17) is 11.6 Å². The fraction of sp³-hybridized carbons (Fsp3) is 0.533. The molecule has 19 heavy (non-hydrogen) atoms. The van der Waals surface area contributed by atoms with Gasteiger partial charge in [-0.05, 0) is 54.4 Å². The molecule has 0 heterocycles. The molecule has 0 saturated heterocycles. The van der Waals surface area contributed by atoms with Crippen LogP contribution in [0.25, 0.3) is 0 Å². The summed E-state index contributed by atoms with van der Waals surface area (Å²) in [5, 5.41) is 0.587. The monoisotopic (exact) mass is 345 g/mol. The van der Waals surface area contributed by atoms with Crippen molar-refractivity contribution in [3.05, 3.63) is 33.3 Å². The zero-order valence-corrected chi connectivity index (χ0v) is 14.1. The molecule has 1 rings (SSSR count). The average Bonchev–Trinajstić information content (AvgIpc) is 2.36. The molecule has 106 valence electrons. The molecule has 0 unspecified atom stereocenters. The van der Waals surface area contributed by atoms with Crippen LogP contribution in [-0.2, 0) is 0 Å². The summed E-state index contributed by atoms with van der Waals surface area (Å²) in [6.07, 6.45) is 3.34. The van der Waals surface area contributed by atoms with E-state index in [0.29, 0.717) is 10.6 Å². The van der Waals surface area contributed by atoms with Crippen molar-refractivity contribution in [2.24, 2.45) is 0 Å². The van der Waals surface area contributed by atoms with Crippen molar-refractivity contribution in [2.45, 2.75) is 46.1 Å². The highest BCUT2D eigenvalue weighted by Gasteiger charge is 2.20. The molecular weight excluding hydrogens is 326 g/mol. The quantitative estimate of drug-likeness (QED) is 0.653. The number of carbonyl (C=O) groups is 1. The predicted octanol–water partition coefficient (Wildman–Crippen LogP) is 5.14. The number of rotatable bonds is 6. The molecule has 0 aliphatic rings. The standard InChI is InChI=1S/C15H21BrClNO/c1-4-5-6-9-18(11(2)3)15(19)13-10-12(17)7-8-14(13)16/h7-8,10-11H,4-6,9H2,1-3H3. The van der Waals surface area contributed by atoms with Crippen LogP contribution < -0.4 is 0 Å². The summed E-state index contributed by atoms with van der Waals surface area (Å²) in [4.78, 5) is 14.5. The van der Waals surface area contributed by atoms with Gasteiger partial charge in [0.1, 0.15) is 0 Å². The Morgan fingerprint density at radius 2 is 2.05 bits per heavy atom. The van der Waals surface area contributed by atoms with Crippen molar-refractivity contribution in [3.8, 4) is 0 Å². The lowest BCUT2D eigenvalue weighted by Gasteiger charge is -2.27. The molecule has 0 aromatic heterocycles. The van der Waals surface area contributed by atoms with Crippen molar-refractivity contribution in [1.29, 1.82) is 0 Å². The van der Waals surface area contributed by atoms with Crippen LogP contribution in [0, 0.1) is 0 Å². The summed E-state index contributed by atoms with van der Waals surface area (Å²) >= 11 is 9.40.